The normalized spacial score (nSPS) is 27.4. The topological polar surface area (TPSA) is 60.2 Å². The fraction of sp³-hybridized carbons (Fsp3) is 0.455. The molecule has 7 heteroatoms. The highest BCUT2D eigenvalue weighted by Crippen LogP contribution is 2.24. The van der Waals surface area contributed by atoms with Crippen LogP contribution in [0, 0.1) is 0 Å². The molecule has 1 aromatic rings. The van der Waals surface area contributed by atoms with Crippen LogP contribution in [-0.4, -0.2) is 71.3 Å². The van der Waals surface area contributed by atoms with E-state index in [0.717, 1.165) is 60.3 Å². The third kappa shape index (κ3) is 5.37. The summed E-state index contributed by atoms with van der Waals surface area (Å²) < 4.78 is 17.0. The van der Waals surface area contributed by atoms with Crippen molar-refractivity contribution in [1.82, 2.24) is 4.90 Å². The van der Waals surface area contributed by atoms with E-state index in [1.807, 2.05) is 25.1 Å². The Hall–Kier alpha value is -1.91. The van der Waals surface area contributed by atoms with Gasteiger partial charge in [-0.3, -0.25) is 0 Å². The zero-order chi connectivity index (χ0) is 20.3. The maximum absolute atomic E-state index is 5.92. The quantitative estimate of drug-likeness (QED) is 0.743. The standard InChI is InChI=1S/C22H28N3O3.Al.2H/c1-17-26-15-22(28-17)16-27-21-9-7-20(8-10-21)25-13-11-24(12-14-25)19-4-2-3-18(23)5-6-19;;;/h2,4-10,22H,3,11-16,23H2,1H3;;;. The third-order valence-corrected chi connectivity index (χ3v) is 5.98. The number of anilines is 1. The Morgan fingerprint density at radius 3 is 2.55 bits per heavy atom. The zero-order valence-corrected chi connectivity index (χ0v) is 19.3. The van der Waals surface area contributed by atoms with Crippen molar-refractivity contribution in [2.75, 3.05) is 44.3 Å². The molecule has 0 bridgehead atoms. The third-order valence-electron chi connectivity index (χ3n) is 5.46. The molecule has 2 heterocycles. The van der Waals surface area contributed by atoms with Gasteiger partial charge in [0.1, 0.15) is 18.5 Å². The number of benzene rings is 1. The summed E-state index contributed by atoms with van der Waals surface area (Å²) >= 11 is 0.855. The molecule has 0 aromatic heterocycles. The molecule has 2 fully saturated rings. The molecule has 2 atom stereocenters. The van der Waals surface area contributed by atoms with E-state index in [1.165, 1.54) is 11.4 Å². The first kappa shape index (κ1) is 20.4. The maximum atomic E-state index is 5.92. The predicted molar refractivity (Wildman–Crippen MR) is 118 cm³/mol. The number of rotatable bonds is 5. The van der Waals surface area contributed by atoms with E-state index in [1.54, 1.807) is 0 Å². The lowest BCUT2D eigenvalue weighted by molar-refractivity contribution is -0.0880. The van der Waals surface area contributed by atoms with Crippen LogP contribution >= 0.6 is 0 Å². The van der Waals surface area contributed by atoms with Gasteiger partial charge in [0.05, 0.1) is 11.3 Å². The average molecular weight is 411 g/mol. The number of ether oxygens (including phenoxy) is 3. The number of hydrogen-bond donors (Lipinski definition) is 1. The first-order valence-corrected chi connectivity index (χ1v) is 11.4. The van der Waals surface area contributed by atoms with E-state index in [-0.39, 0.29) is 10.8 Å². The van der Waals surface area contributed by atoms with Gasteiger partial charge in [0.15, 0.2) is 0 Å². The van der Waals surface area contributed by atoms with Crippen molar-refractivity contribution in [3.05, 3.63) is 60.0 Å². The van der Waals surface area contributed by atoms with Gasteiger partial charge in [-0.25, -0.2) is 0 Å². The van der Waals surface area contributed by atoms with Gasteiger partial charge in [-0.05, 0) is 49.4 Å². The molecular weight excluding hydrogens is 381 g/mol. The minimum absolute atomic E-state index is 0.0165. The van der Waals surface area contributed by atoms with Crippen LogP contribution in [0.3, 0.4) is 0 Å². The number of nitrogens with zero attached hydrogens (tertiary/aromatic N) is 2. The number of piperazine rings is 1. The Kier molecular flexibility index (Phi) is 6.21. The molecule has 0 radical (unpaired) electrons. The largest absolute Gasteiger partial charge is 0.491 e. The minimum atomic E-state index is -0.370. The van der Waals surface area contributed by atoms with Crippen molar-refractivity contribution in [2.24, 2.45) is 5.73 Å². The lowest BCUT2D eigenvalue weighted by atomic mass is 10.2. The summed E-state index contributed by atoms with van der Waals surface area (Å²) in [6, 6.07) is 8.37. The molecule has 0 amide bonds. The summed E-state index contributed by atoms with van der Waals surface area (Å²) in [6.45, 7) is 7.12. The molecule has 1 aromatic carbocycles. The minimum Gasteiger partial charge on any atom is -0.491 e. The van der Waals surface area contributed by atoms with Crippen molar-refractivity contribution in [1.29, 1.82) is 0 Å². The van der Waals surface area contributed by atoms with Gasteiger partial charge < -0.3 is 29.7 Å². The molecule has 2 unspecified atom stereocenters. The molecule has 6 nitrogen and oxygen atoms in total. The van der Waals surface area contributed by atoms with Crippen LogP contribution in [0.4, 0.5) is 5.69 Å². The molecule has 2 N–H and O–H groups in total. The van der Waals surface area contributed by atoms with E-state index in [4.69, 9.17) is 19.9 Å². The summed E-state index contributed by atoms with van der Waals surface area (Å²) in [6.07, 6.45) is 9.31. The summed E-state index contributed by atoms with van der Waals surface area (Å²) in [5, 5.41) is 0. The van der Waals surface area contributed by atoms with Crippen LogP contribution in [0.2, 0.25) is 0 Å². The van der Waals surface area contributed by atoms with Crippen molar-refractivity contribution in [3.8, 4) is 5.75 Å². The highest BCUT2D eigenvalue weighted by Gasteiger charge is 2.32. The van der Waals surface area contributed by atoms with Gasteiger partial charge in [-0.1, -0.05) is 6.08 Å². The molecule has 2 aliphatic heterocycles. The summed E-state index contributed by atoms with van der Waals surface area (Å²) in [4.78, 5) is 4.85. The van der Waals surface area contributed by atoms with Gasteiger partial charge in [-0.2, -0.15) is 0 Å². The van der Waals surface area contributed by atoms with Crippen LogP contribution < -0.4 is 15.4 Å². The van der Waals surface area contributed by atoms with Crippen molar-refractivity contribution < 1.29 is 14.2 Å². The first-order chi connectivity index (χ1) is 14.0. The Labute approximate surface area is 181 Å². The van der Waals surface area contributed by atoms with E-state index >= 15 is 0 Å². The van der Waals surface area contributed by atoms with Crippen molar-refractivity contribution >= 4 is 22.0 Å². The van der Waals surface area contributed by atoms with Gasteiger partial charge in [0.25, 0.3) is 0 Å². The van der Waals surface area contributed by atoms with Gasteiger partial charge in [0, 0.05) is 49.7 Å². The number of hydrogen-bond acceptors (Lipinski definition) is 6. The Morgan fingerprint density at radius 1 is 1.14 bits per heavy atom. The fourth-order valence-electron chi connectivity index (χ4n) is 3.85. The van der Waals surface area contributed by atoms with Crippen LogP contribution in [0.1, 0.15) is 13.3 Å². The van der Waals surface area contributed by atoms with Gasteiger partial charge in [-0.15, -0.1) is 0 Å². The lowest BCUT2D eigenvalue weighted by Gasteiger charge is -2.37. The predicted octanol–water partition coefficient (Wildman–Crippen LogP) is 1.60. The summed E-state index contributed by atoms with van der Waals surface area (Å²) in [5.74, 6) is 0.871. The monoisotopic (exact) mass is 411 g/mol. The molecule has 0 spiro atoms. The Morgan fingerprint density at radius 2 is 1.86 bits per heavy atom. The summed E-state index contributed by atoms with van der Waals surface area (Å²) in [5.41, 5.74) is 9.32. The molecule has 3 aliphatic rings. The molecule has 4 rings (SSSR count). The average Bonchev–Trinajstić information content (AvgIpc) is 2.93. The van der Waals surface area contributed by atoms with E-state index in [2.05, 4.69) is 40.2 Å². The molecule has 29 heavy (non-hydrogen) atoms. The maximum Gasteiger partial charge on any atom is 0.307 e. The molecule has 154 valence electrons. The first-order valence-electron chi connectivity index (χ1n) is 10.4. The zero-order valence-electron chi connectivity index (χ0n) is 17.3. The van der Waals surface area contributed by atoms with Crippen LogP contribution in [0.15, 0.2) is 60.0 Å². The van der Waals surface area contributed by atoms with E-state index in [9.17, 15) is 0 Å². The smallest absolute Gasteiger partial charge is 0.307 e. The Balaban J connectivity index is 1.27. The number of allylic oxidation sites excluding steroid dienone is 4. The highest BCUT2D eigenvalue weighted by molar-refractivity contribution is 6.13. The second kappa shape index (κ2) is 8.85. The lowest BCUT2D eigenvalue weighted by Crippen LogP contribution is -2.45. The van der Waals surface area contributed by atoms with Gasteiger partial charge in [0.2, 0.25) is 0 Å². The molecule has 0 saturated carbocycles. The number of nitrogens with two attached hydrogens (primary N) is 1. The highest BCUT2D eigenvalue weighted by atomic mass is 27.0. The summed E-state index contributed by atoms with van der Waals surface area (Å²) in [7, 11) is 0. The van der Waals surface area contributed by atoms with Crippen LogP contribution in [0.5, 0.6) is 5.75 Å². The van der Waals surface area contributed by atoms with E-state index < -0.39 is 0 Å². The second-order valence-corrected chi connectivity index (χ2v) is 9.99. The van der Waals surface area contributed by atoms with E-state index in [0.29, 0.717) is 13.2 Å². The second-order valence-electron chi connectivity index (χ2n) is 8.17. The van der Waals surface area contributed by atoms with Crippen LogP contribution in [0.25, 0.3) is 0 Å². The van der Waals surface area contributed by atoms with Crippen molar-refractivity contribution in [2.45, 2.75) is 24.1 Å². The fourth-order valence-corrected chi connectivity index (χ4v) is 4.35. The molecule has 1 aliphatic carbocycles. The van der Waals surface area contributed by atoms with Gasteiger partial charge >= 0.3 is 16.3 Å². The Bertz CT molecular complexity index is 796. The SMILES string of the molecule is C[C]1([AlH2])OCC(COc2ccc(N3CCN(C4=CC=C(N)CC=C4)CC3)cc2)O1. The van der Waals surface area contributed by atoms with Crippen molar-refractivity contribution in [3.63, 3.8) is 0 Å². The van der Waals surface area contributed by atoms with Crippen LogP contribution in [-0.2, 0) is 9.47 Å². The molecular formula is C22H30AlN3O3. The molecule has 2 saturated heterocycles.